The number of hydrogen-bond acceptors (Lipinski definition) is 5. The molecule has 3 amide bonds. The fourth-order valence-corrected chi connectivity index (χ4v) is 4.91. The van der Waals surface area contributed by atoms with Crippen LogP contribution in [0.2, 0.25) is 0 Å². The standard InChI is InChI=1S/C25H24N4O3S/c30-23(17-7-6-14-29(16-17)25(31)27-18-8-2-1-3-9-18)26-15-19-12-13-21(32-19)24-28-20-10-4-5-11-22(20)33-24/h1-5,8-13,17H,6-7,14-16H2,(H,26,30)(H,27,31). The molecule has 1 fully saturated rings. The minimum absolute atomic E-state index is 0.0647. The van der Waals surface area contributed by atoms with Crippen LogP contribution in [0.3, 0.4) is 0 Å². The molecule has 0 aliphatic carbocycles. The van der Waals surface area contributed by atoms with Crippen LogP contribution in [0.1, 0.15) is 18.6 Å². The van der Waals surface area contributed by atoms with E-state index in [1.807, 2.05) is 66.7 Å². The van der Waals surface area contributed by atoms with Crippen molar-refractivity contribution in [1.82, 2.24) is 15.2 Å². The quantitative estimate of drug-likeness (QED) is 0.433. The van der Waals surface area contributed by atoms with Crippen LogP contribution in [-0.4, -0.2) is 34.9 Å². The van der Waals surface area contributed by atoms with Gasteiger partial charge < -0.3 is 20.0 Å². The number of piperidine rings is 1. The highest BCUT2D eigenvalue weighted by molar-refractivity contribution is 7.21. The van der Waals surface area contributed by atoms with E-state index in [4.69, 9.17) is 4.42 Å². The maximum Gasteiger partial charge on any atom is 0.321 e. The van der Waals surface area contributed by atoms with Gasteiger partial charge in [0.05, 0.1) is 22.7 Å². The lowest BCUT2D eigenvalue weighted by atomic mass is 9.97. The van der Waals surface area contributed by atoms with E-state index in [2.05, 4.69) is 15.6 Å². The number of carbonyl (C=O) groups excluding carboxylic acids is 2. The summed E-state index contributed by atoms with van der Waals surface area (Å²) in [6, 6.07) is 20.9. The van der Waals surface area contributed by atoms with Crippen molar-refractivity contribution in [2.45, 2.75) is 19.4 Å². The van der Waals surface area contributed by atoms with Crippen LogP contribution < -0.4 is 10.6 Å². The second-order valence-electron chi connectivity index (χ2n) is 8.05. The molecule has 0 saturated carbocycles. The molecule has 3 heterocycles. The zero-order chi connectivity index (χ0) is 22.6. The van der Waals surface area contributed by atoms with Crippen molar-refractivity contribution in [2.75, 3.05) is 18.4 Å². The van der Waals surface area contributed by atoms with E-state index in [1.54, 1.807) is 16.2 Å². The van der Waals surface area contributed by atoms with Crippen molar-refractivity contribution < 1.29 is 14.0 Å². The number of urea groups is 1. The first-order valence-corrected chi connectivity index (χ1v) is 11.8. The van der Waals surface area contributed by atoms with E-state index >= 15 is 0 Å². The van der Waals surface area contributed by atoms with Crippen molar-refractivity contribution in [3.63, 3.8) is 0 Å². The van der Waals surface area contributed by atoms with Gasteiger partial charge in [0.25, 0.3) is 0 Å². The Morgan fingerprint density at radius 2 is 1.88 bits per heavy atom. The monoisotopic (exact) mass is 460 g/mol. The van der Waals surface area contributed by atoms with Gasteiger partial charge in [-0.25, -0.2) is 9.78 Å². The molecule has 33 heavy (non-hydrogen) atoms. The number of aromatic nitrogens is 1. The summed E-state index contributed by atoms with van der Waals surface area (Å²) in [5.74, 6) is 1.07. The van der Waals surface area contributed by atoms with Crippen molar-refractivity contribution in [3.05, 3.63) is 72.5 Å². The zero-order valence-corrected chi connectivity index (χ0v) is 18.8. The second kappa shape index (κ2) is 9.46. The lowest BCUT2D eigenvalue weighted by molar-refractivity contribution is -0.126. The lowest BCUT2D eigenvalue weighted by Crippen LogP contribution is -2.46. The number of benzene rings is 2. The molecule has 2 N–H and O–H groups in total. The molecule has 1 unspecified atom stereocenters. The predicted octanol–water partition coefficient (Wildman–Crippen LogP) is 5.12. The smallest absolute Gasteiger partial charge is 0.321 e. The maximum absolute atomic E-state index is 12.8. The van der Waals surface area contributed by atoms with Gasteiger partial charge in [-0.1, -0.05) is 30.3 Å². The number of carbonyl (C=O) groups is 2. The van der Waals surface area contributed by atoms with Gasteiger partial charge in [0.15, 0.2) is 10.8 Å². The van der Waals surface area contributed by atoms with Crippen molar-refractivity contribution in [1.29, 1.82) is 0 Å². The number of amides is 3. The van der Waals surface area contributed by atoms with Crippen LogP contribution in [-0.2, 0) is 11.3 Å². The van der Waals surface area contributed by atoms with Crippen LogP contribution in [0.4, 0.5) is 10.5 Å². The van der Waals surface area contributed by atoms with E-state index in [-0.39, 0.29) is 17.9 Å². The van der Waals surface area contributed by atoms with E-state index in [9.17, 15) is 9.59 Å². The van der Waals surface area contributed by atoms with Gasteiger partial charge in [-0.2, -0.15) is 0 Å². The number of nitrogens with zero attached hydrogens (tertiary/aromatic N) is 2. The zero-order valence-electron chi connectivity index (χ0n) is 18.0. The van der Waals surface area contributed by atoms with Gasteiger partial charge in [0.2, 0.25) is 5.91 Å². The number of rotatable bonds is 5. The minimum atomic E-state index is -0.237. The van der Waals surface area contributed by atoms with Crippen molar-refractivity contribution in [3.8, 4) is 10.8 Å². The maximum atomic E-state index is 12.8. The van der Waals surface area contributed by atoms with Gasteiger partial charge >= 0.3 is 6.03 Å². The molecule has 4 aromatic rings. The Kier molecular flexibility index (Phi) is 6.08. The molecule has 7 nitrogen and oxygen atoms in total. The Hall–Kier alpha value is -3.65. The first kappa shape index (κ1) is 21.2. The lowest BCUT2D eigenvalue weighted by Gasteiger charge is -2.32. The van der Waals surface area contributed by atoms with Gasteiger partial charge in [0, 0.05) is 18.8 Å². The molecule has 0 bridgehead atoms. The molecule has 0 radical (unpaired) electrons. The molecule has 1 aliphatic heterocycles. The highest BCUT2D eigenvalue weighted by Gasteiger charge is 2.28. The van der Waals surface area contributed by atoms with Crippen LogP contribution in [0, 0.1) is 5.92 Å². The Morgan fingerprint density at radius 3 is 2.73 bits per heavy atom. The Bertz CT molecular complexity index is 1230. The number of fused-ring (bicyclic) bond motifs is 1. The Balaban J connectivity index is 1.16. The summed E-state index contributed by atoms with van der Waals surface area (Å²) < 4.78 is 7.03. The summed E-state index contributed by atoms with van der Waals surface area (Å²) in [6.07, 6.45) is 1.55. The fourth-order valence-electron chi connectivity index (χ4n) is 3.98. The van der Waals surface area contributed by atoms with Gasteiger partial charge in [-0.3, -0.25) is 4.79 Å². The summed E-state index contributed by atoms with van der Waals surface area (Å²) in [6.45, 7) is 1.35. The molecular formula is C25H24N4O3S. The third-order valence-electron chi connectivity index (χ3n) is 5.71. The fraction of sp³-hybridized carbons (Fsp3) is 0.240. The highest BCUT2D eigenvalue weighted by atomic mass is 32.1. The average Bonchev–Trinajstić information content (AvgIpc) is 3.50. The molecule has 2 aromatic heterocycles. The SMILES string of the molecule is O=C(NCc1ccc(-c2nc3ccccc3s2)o1)C1CCCN(C(=O)Nc2ccccc2)C1. The molecule has 5 rings (SSSR count). The summed E-state index contributed by atoms with van der Waals surface area (Å²) in [5, 5.41) is 6.67. The number of thiazole rings is 1. The third kappa shape index (κ3) is 4.90. The van der Waals surface area contributed by atoms with Crippen LogP contribution in [0.5, 0.6) is 0 Å². The summed E-state index contributed by atoms with van der Waals surface area (Å²) in [4.78, 5) is 31.7. The Labute approximate surface area is 195 Å². The van der Waals surface area contributed by atoms with Gasteiger partial charge in [0.1, 0.15) is 5.76 Å². The number of anilines is 1. The predicted molar refractivity (Wildman–Crippen MR) is 129 cm³/mol. The molecular weight excluding hydrogens is 436 g/mol. The molecule has 1 atom stereocenters. The topological polar surface area (TPSA) is 87.5 Å². The van der Waals surface area contributed by atoms with E-state index in [1.165, 1.54) is 0 Å². The molecule has 0 spiro atoms. The minimum Gasteiger partial charge on any atom is -0.457 e. The van der Waals surface area contributed by atoms with Crippen LogP contribution >= 0.6 is 11.3 Å². The Morgan fingerprint density at radius 1 is 1.06 bits per heavy atom. The second-order valence-corrected chi connectivity index (χ2v) is 9.08. The number of furan rings is 1. The van der Waals surface area contributed by atoms with E-state index in [0.717, 1.165) is 33.8 Å². The number of para-hydroxylation sites is 2. The van der Waals surface area contributed by atoms with Crippen molar-refractivity contribution >= 4 is 39.2 Å². The highest BCUT2D eigenvalue weighted by Crippen LogP contribution is 2.31. The number of likely N-dealkylation sites (tertiary alicyclic amines) is 1. The summed E-state index contributed by atoms with van der Waals surface area (Å²) >= 11 is 1.58. The first-order chi connectivity index (χ1) is 16.2. The molecule has 1 aliphatic rings. The van der Waals surface area contributed by atoms with Crippen LogP contribution in [0.15, 0.2) is 71.1 Å². The largest absolute Gasteiger partial charge is 0.457 e. The van der Waals surface area contributed by atoms with E-state index < -0.39 is 0 Å². The first-order valence-electron chi connectivity index (χ1n) is 11.0. The molecule has 1 saturated heterocycles. The number of nitrogens with one attached hydrogen (secondary N) is 2. The van der Waals surface area contributed by atoms with Gasteiger partial charge in [-0.05, 0) is 49.2 Å². The third-order valence-corrected chi connectivity index (χ3v) is 6.76. The molecule has 168 valence electrons. The van der Waals surface area contributed by atoms with E-state index in [0.29, 0.717) is 31.2 Å². The van der Waals surface area contributed by atoms with Gasteiger partial charge in [-0.15, -0.1) is 11.3 Å². The summed E-state index contributed by atoms with van der Waals surface area (Å²) in [5.41, 5.74) is 1.69. The van der Waals surface area contributed by atoms with Crippen molar-refractivity contribution in [2.24, 2.45) is 5.92 Å². The molecule has 8 heteroatoms. The normalized spacial score (nSPS) is 16.0. The average molecular weight is 461 g/mol. The molecule has 2 aromatic carbocycles. The van der Waals surface area contributed by atoms with Crippen LogP contribution in [0.25, 0.3) is 21.0 Å². The summed E-state index contributed by atoms with van der Waals surface area (Å²) in [7, 11) is 0. The number of hydrogen-bond donors (Lipinski definition) is 2.